The van der Waals surface area contributed by atoms with Gasteiger partial charge in [0.25, 0.3) is 0 Å². The lowest BCUT2D eigenvalue weighted by Gasteiger charge is -2.22. The number of nitrogens with one attached hydrogen (secondary N) is 2. The summed E-state index contributed by atoms with van der Waals surface area (Å²) in [5.74, 6) is 2.41. The molecule has 1 heterocycles. The van der Waals surface area contributed by atoms with Crippen molar-refractivity contribution in [3.8, 4) is 17.2 Å². The maximum absolute atomic E-state index is 5.63. The van der Waals surface area contributed by atoms with E-state index in [4.69, 9.17) is 26.4 Å². The third-order valence-electron chi connectivity index (χ3n) is 3.84. The Morgan fingerprint density at radius 1 is 1.12 bits per heavy atom. The fourth-order valence-corrected chi connectivity index (χ4v) is 2.87. The fourth-order valence-electron chi connectivity index (χ4n) is 2.58. The summed E-state index contributed by atoms with van der Waals surface area (Å²) in [7, 11) is 0. The van der Waals surface area contributed by atoms with Gasteiger partial charge in [-0.15, -0.1) is 0 Å². The van der Waals surface area contributed by atoms with E-state index in [9.17, 15) is 0 Å². The van der Waals surface area contributed by atoms with Crippen molar-refractivity contribution in [2.75, 3.05) is 25.1 Å². The molecule has 3 rings (SSSR count). The highest BCUT2D eigenvalue weighted by Gasteiger charge is 2.15. The highest BCUT2D eigenvalue weighted by atomic mass is 32.1. The molecule has 0 aromatic heterocycles. The van der Waals surface area contributed by atoms with Gasteiger partial charge in [-0.2, -0.15) is 0 Å². The van der Waals surface area contributed by atoms with Gasteiger partial charge in [-0.25, -0.2) is 0 Å². The quantitative estimate of drug-likeness (QED) is 0.791. The van der Waals surface area contributed by atoms with Crippen LogP contribution >= 0.6 is 12.2 Å². The van der Waals surface area contributed by atoms with Crippen LogP contribution in [0.2, 0.25) is 0 Å². The van der Waals surface area contributed by atoms with Crippen LogP contribution in [0.25, 0.3) is 0 Å². The minimum atomic E-state index is 0.0403. The topological polar surface area (TPSA) is 51.8 Å². The van der Waals surface area contributed by atoms with Crippen molar-refractivity contribution >= 4 is 23.0 Å². The first-order valence-corrected chi connectivity index (χ1v) is 8.76. The number of hydrogen-bond acceptors (Lipinski definition) is 4. The molecule has 0 spiro atoms. The molecule has 0 radical (unpaired) electrons. The van der Waals surface area contributed by atoms with E-state index in [-0.39, 0.29) is 6.04 Å². The van der Waals surface area contributed by atoms with E-state index in [1.54, 1.807) is 0 Å². The van der Waals surface area contributed by atoms with Crippen LogP contribution in [-0.4, -0.2) is 24.9 Å². The molecule has 0 bridgehead atoms. The molecule has 6 heteroatoms. The van der Waals surface area contributed by atoms with Crippen LogP contribution in [0, 0.1) is 0 Å². The second-order valence-electron chi connectivity index (χ2n) is 5.68. The van der Waals surface area contributed by atoms with Crippen molar-refractivity contribution in [3.63, 3.8) is 0 Å². The molecular weight excluding hydrogens is 336 g/mol. The van der Waals surface area contributed by atoms with Crippen molar-refractivity contribution in [1.82, 2.24) is 5.32 Å². The molecule has 2 N–H and O–H groups in total. The Morgan fingerprint density at radius 3 is 2.56 bits per heavy atom. The molecule has 0 amide bonds. The van der Waals surface area contributed by atoms with E-state index in [0.29, 0.717) is 24.9 Å². The summed E-state index contributed by atoms with van der Waals surface area (Å²) < 4.78 is 16.6. The third-order valence-corrected chi connectivity index (χ3v) is 4.06. The monoisotopic (exact) mass is 358 g/mol. The molecule has 0 saturated carbocycles. The third kappa shape index (κ3) is 4.54. The van der Waals surface area contributed by atoms with Crippen LogP contribution in [0.1, 0.15) is 25.5 Å². The number of fused-ring (bicyclic) bond motifs is 1. The Bertz CT molecular complexity index is 734. The van der Waals surface area contributed by atoms with Crippen molar-refractivity contribution in [1.29, 1.82) is 0 Å². The number of rotatable bonds is 5. The Morgan fingerprint density at radius 2 is 1.84 bits per heavy atom. The number of benzene rings is 2. The molecule has 132 valence electrons. The lowest BCUT2D eigenvalue weighted by molar-refractivity contribution is 0.171. The minimum Gasteiger partial charge on any atom is -0.494 e. The SMILES string of the molecule is CCOc1ccc(NC(=S)N[C@@H](C)c2ccc3c(c2)OCCO3)cc1. The summed E-state index contributed by atoms with van der Waals surface area (Å²) in [6.07, 6.45) is 0. The average Bonchev–Trinajstić information content (AvgIpc) is 2.63. The summed E-state index contributed by atoms with van der Waals surface area (Å²) in [5.41, 5.74) is 2.00. The summed E-state index contributed by atoms with van der Waals surface area (Å²) in [4.78, 5) is 0. The molecule has 1 aliphatic heterocycles. The van der Waals surface area contributed by atoms with E-state index in [0.717, 1.165) is 28.5 Å². The van der Waals surface area contributed by atoms with Gasteiger partial charge in [0.15, 0.2) is 16.6 Å². The van der Waals surface area contributed by atoms with Crippen LogP contribution in [0.3, 0.4) is 0 Å². The first-order chi connectivity index (χ1) is 12.2. The van der Waals surface area contributed by atoms with Crippen LogP contribution in [0.4, 0.5) is 5.69 Å². The Balaban J connectivity index is 1.58. The van der Waals surface area contributed by atoms with Gasteiger partial charge >= 0.3 is 0 Å². The van der Waals surface area contributed by atoms with Gasteiger partial charge in [-0.3, -0.25) is 0 Å². The summed E-state index contributed by atoms with van der Waals surface area (Å²) in [6, 6.07) is 13.7. The van der Waals surface area contributed by atoms with E-state index >= 15 is 0 Å². The molecule has 1 aliphatic rings. The second kappa shape index (κ2) is 8.07. The Hall–Kier alpha value is -2.47. The number of ether oxygens (including phenoxy) is 3. The van der Waals surface area contributed by atoms with Gasteiger partial charge in [0.05, 0.1) is 12.6 Å². The van der Waals surface area contributed by atoms with E-state index in [1.807, 2.05) is 49.4 Å². The molecule has 0 aliphatic carbocycles. The normalized spacial score (nSPS) is 13.7. The van der Waals surface area contributed by atoms with Gasteiger partial charge in [0, 0.05) is 5.69 Å². The molecule has 0 saturated heterocycles. The van der Waals surface area contributed by atoms with Crippen LogP contribution in [0.5, 0.6) is 17.2 Å². The van der Waals surface area contributed by atoms with E-state index in [2.05, 4.69) is 17.6 Å². The zero-order valence-electron chi connectivity index (χ0n) is 14.4. The molecule has 0 unspecified atom stereocenters. The van der Waals surface area contributed by atoms with Gasteiger partial charge in [-0.1, -0.05) is 6.07 Å². The van der Waals surface area contributed by atoms with Crippen molar-refractivity contribution in [3.05, 3.63) is 48.0 Å². The Kier molecular flexibility index (Phi) is 5.60. The summed E-state index contributed by atoms with van der Waals surface area (Å²) in [5, 5.41) is 7.03. The summed E-state index contributed by atoms with van der Waals surface area (Å²) in [6.45, 7) is 5.84. The number of thiocarbonyl (C=S) groups is 1. The molecule has 2 aromatic rings. The number of anilines is 1. The lowest BCUT2D eigenvalue weighted by atomic mass is 10.1. The first-order valence-electron chi connectivity index (χ1n) is 8.35. The predicted octanol–water partition coefficient (Wildman–Crippen LogP) is 3.90. The molecule has 2 aromatic carbocycles. The summed E-state index contributed by atoms with van der Waals surface area (Å²) >= 11 is 5.41. The highest BCUT2D eigenvalue weighted by Crippen LogP contribution is 2.32. The molecule has 1 atom stereocenters. The maximum Gasteiger partial charge on any atom is 0.171 e. The lowest BCUT2D eigenvalue weighted by Crippen LogP contribution is -2.31. The van der Waals surface area contributed by atoms with Crippen LogP contribution in [-0.2, 0) is 0 Å². The van der Waals surface area contributed by atoms with E-state index in [1.165, 1.54) is 0 Å². The van der Waals surface area contributed by atoms with Crippen molar-refractivity contribution in [2.45, 2.75) is 19.9 Å². The maximum atomic E-state index is 5.63. The second-order valence-corrected chi connectivity index (χ2v) is 6.09. The van der Waals surface area contributed by atoms with Gasteiger partial charge in [0.2, 0.25) is 0 Å². The van der Waals surface area contributed by atoms with Gasteiger partial charge in [0.1, 0.15) is 19.0 Å². The smallest absolute Gasteiger partial charge is 0.171 e. The molecule has 25 heavy (non-hydrogen) atoms. The van der Waals surface area contributed by atoms with Gasteiger partial charge < -0.3 is 24.8 Å². The van der Waals surface area contributed by atoms with Crippen molar-refractivity contribution in [2.24, 2.45) is 0 Å². The van der Waals surface area contributed by atoms with Gasteiger partial charge in [-0.05, 0) is 68.0 Å². The predicted molar refractivity (Wildman–Crippen MR) is 103 cm³/mol. The van der Waals surface area contributed by atoms with E-state index < -0.39 is 0 Å². The number of hydrogen-bond donors (Lipinski definition) is 2. The molecule has 0 fully saturated rings. The fraction of sp³-hybridized carbons (Fsp3) is 0.316. The zero-order chi connectivity index (χ0) is 17.6. The van der Waals surface area contributed by atoms with Crippen LogP contribution < -0.4 is 24.8 Å². The zero-order valence-corrected chi connectivity index (χ0v) is 15.2. The van der Waals surface area contributed by atoms with Crippen molar-refractivity contribution < 1.29 is 14.2 Å². The minimum absolute atomic E-state index is 0.0403. The first kappa shape index (κ1) is 17.4. The standard InChI is InChI=1S/C19H22N2O3S/c1-3-22-16-7-5-15(6-8-16)21-19(25)20-13(2)14-4-9-17-18(12-14)24-11-10-23-17/h4-9,12-13H,3,10-11H2,1-2H3,(H2,20,21,25)/t13-/m0/s1. The molecule has 5 nitrogen and oxygen atoms in total. The average molecular weight is 358 g/mol. The largest absolute Gasteiger partial charge is 0.494 e. The van der Waals surface area contributed by atoms with Crippen LogP contribution in [0.15, 0.2) is 42.5 Å². The highest BCUT2D eigenvalue weighted by molar-refractivity contribution is 7.80. The Labute approximate surface area is 153 Å². The molecular formula is C19H22N2O3S.